The fraction of sp³-hybridized carbons (Fsp3) is 0.381. The number of amides is 2. The summed E-state index contributed by atoms with van der Waals surface area (Å²) in [7, 11) is 0. The Morgan fingerprint density at radius 3 is 2.56 bits per heavy atom. The number of nitrogens with zero attached hydrogens (tertiary/aromatic N) is 6. The van der Waals surface area contributed by atoms with Crippen molar-refractivity contribution < 1.29 is 14.3 Å². The third kappa shape index (κ3) is 4.18. The van der Waals surface area contributed by atoms with Crippen molar-refractivity contribution >= 4 is 34.5 Å². The van der Waals surface area contributed by atoms with E-state index in [1.807, 2.05) is 0 Å². The van der Waals surface area contributed by atoms with E-state index >= 15 is 0 Å². The highest BCUT2D eigenvalue weighted by atomic mass is 35.5. The predicted molar refractivity (Wildman–Crippen MR) is 118 cm³/mol. The molecule has 10 nitrogen and oxygen atoms in total. The molecule has 4 rings (SSSR count). The first-order valence-electron chi connectivity index (χ1n) is 10.3. The summed E-state index contributed by atoms with van der Waals surface area (Å²) in [6.45, 7) is 5.13. The van der Waals surface area contributed by atoms with Gasteiger partial charge in [0.2, 0.25) is 5.91 Å². The normalized spacial score (nSPS) is 14.1. The van der Waals surface area contributed by atoms with E-state index in [0.717, 1.165) is 0 Å². The molecule has 2 amide bonds. The number of benzene rings is 1. The Morgan fingerprint density at radius 2 is 1.88 bits per heavy atom. The Hall–Kier alpha value is -3.40. The molecule has 1 aliphatic heterocycles. The van der Waals surface area contributed by atoms with Crippen LogP contribution in [0, 0.1) is 6.92 Å². The molecular weight excluding hydrogens is 436 g/mol. The average Bonchev–Trinajstić information content (AvgIpc) is 3.24. The molecule has 0 N–H and O–H groups in total. The Bertz CT molecular complexity index is 1230. The van der Waals surface area contributed by atoms with Crippen LogP contribution in [-0.4, -0.2) is 74.1 Å². The highest BCUT2D eigenvalue weighted by Gasteiger charge is 2.26. The van der Waals surface area contributed by atoms with Gasteiger partial charge in [0.15, 0.2) is 0 Å². The van der Waals surface area contributed by atoms with E-state index in [1.54, 1.807) is 54.1 Å². The molecule has 3 heterocycles. The van der Waals surface area contributed by atoms with E-state index in [-0.39, 0.29) is 18.5 Å². The van der Waals surface area contributed by atoms with Gasteiger partial charge in [-0.3, -0.25) is 9.59 Å². The number of hydrogen-bond donors (Lipinski definition) is 0. The van der Waals surface area contributed by atoms with Gasteiger partial charge in [0, 0.05) is 36.6 Å². The van der Waals surface area contributed by atoms with Gasteiger partial charge in [0.1, 0.15) is 12.1 Å². The molecule has 1 aliphatic rings. The van der Waals surface area contributed by atoms with E-state index in [1.165, 1.54) is 9.36 Å². The lowest BCUT2D eigenvalue weighted by atomic mass is 10.2. The fourth-order valence-corrected chi connectivity index (χ4v) is 3.90. The molecule has 0 radical (unpaired) electrons. The molecule has 11 heteroatoms. The summed E-state index contributed by atoms with van der Waals surface area (Å²) in [4.78, 5) is 41.1. The van der Waals surface area contributed by atoms with Crippen LogP contribution in [-0.2, 0) is 16.1 Å². The molecule has 0 saturated carbocycles. The van der Waals surface area contributed by atoms with Gasteiger partial charge >= 0.3 is 6.09 Å². The number of fused-ring (bicyclic) bond motifs is 1. The Kier molecular flexibility index (Phi) is 6.13. The van der Waals surface area contributed by atoms with Crippen molar-refractivity contribution in [2.24, 2.45) is 0 Å². The number of carbonyl (C=O) groups is 2. The maximum absolute atomic E-state index is 13.2. The van der Waals surface area contributed by atoms with Crippen LogP contribution in [0.4, 0.5) is 4.79 Å². The molecule has 2 aromatic heterocycles. The topological polar surface area (TPSA) is 103 Å². The Balaban J connectivity index is 1.57. The number of carbonyl (C=O) groups excluding carboxylic acids is 2. The van der Waals surface area contributed by atoms with Crippen molar-refractivity contribution in [3.63, 3.8) is 0 Å². The molecule has 0 bridgehead atoms. The number of halogens is 1. The molecule has 1 saturated heterocycles. The van der Waals surface area contributed by atoms with E-state index in [2.05, 4.69) is 10.2 Å². The zero-order valence-electron chi connectivity index (χ0n) is 17.8. The second-order valence-electron chi connectivity index (χ2n) is 7.41. The summed E-state index contributed by atoms with van der Waals surface area (Å²) in [6.07, 6.45) is 1.20. The Labute approximate surface area is 188 Å². The van der Waals surface area contributed by atoms with Gasteiger partial charge in [0.05, 0.1) is 24.2 Å². The number of aryl methyl sites for hydroxylation is 1. The molecule has 0 unspecified atom stereocenters. The van der Waals surface area contributed by atoms with Gasteiger partial charge in [-0.1, -0.05) is 17.7 Å². The van der Waals surface area contributed by atoms with Crippen LogP contribution in [0.15, 0.2) is 35.3 Å². The second-order valence-corrected chi connectivity index (χ2v) is 7.85. The molecule has 1 aromatic carbocycles. The summed E-state index contributed by atoms with van der Waals surface area (Å²) in [5, 5.41) is 9.79. The molecular formula is C21H23ClN6O4. The summed E-state index contributed by atoms with van der Waals surface area (Å²) in [6, 6.07) is 7.02. The number of aromatic nitrogens is 4. The largest absolute Gasteiger partial charge is 0.450 e. The van der Waals surface area contributed by atoms with Crippen LogP contribution in [0.1, 0.15) is 12.6 Å². The van der Waals surface area contributed by atoms with Gasteiger partial charge in [-0.2, -0.15) is 10.2 Å². The monoisotopic (exact) mass is 458 g/mol. The Morgan fingerprint density at radius 1 is 1.16 bits per heavy atom. The first-order valence-corrected chi connectivity index (χ1v) is 10.7. The SMILES string of the molecule is CCOC(=O)N1CCN(C(=O)Cn2nc(C)c3cnn(-c4cccc(Cl)c4)c3c2=O)CC1. The van der Waals surface area contributed by atoms with E-state index in [4.69, 9.17) is 16.3 Å². The van der Waals surface area contributed by atoms with Crippen LogP contribution in [0.5, 0.6) is 0 Å². The number of piperazine rings is 1. The zero-order valence-corrected chi connectivity index (χ0v) is 18.6. The lowest BCUT2D eigenvalue weighted by molar-refractivity contribution is -0.133. The molecule has 168 valence electrons. The van der Waals surface area contributed by atoms with Crippen LogP contribution in [0.25, 0.3) is 16.6 Å². The van der Waals surface area contributed by atoms with E-state index in [9.17, 15) is 14.4 Å². The minimum atomic E-state index is -0.415. The van der Waals surface area contributed by atoms with Crippen LogP contribution < -0.4 is 5.56 Å². The standard InChI is InChI=1S/C21H23ClN6O4/c1-3-32-21(31)26-9-7-25(8-10-26)18(29)13-27-20(30)19-17(14(2)24-27)12-23-28(19)16-6-4-5-15(22)11-16/h4-6,11-12H,3,7-10,13H2,1-2H3. The van der Waals surface area contributed by atoms with Crippen molar-refractivity contribution in [3.8, 4) is 5.69 Å². The maximum Gasteiger partial charge on any atom is 0.409 e. The van der Waals surface area contributed by atoms with Gasteiger partial charge in [-0.05, 0) is 32.0 Å². The van der Waals surface area contributed by atoms with Crippen molar-refractivity contribution in [2.45, 2.75) is 20.4 Å². The third-order valence-electron chi connectivity index (χ3n) is 5.36. The third-order valence-corrected chi connectivity index (χ3v) is 5.60. The first-order chi connectivity index (χ1) is 15.4. The second kappa shape index (κ2) is 8.99. The van der Waals surface area contributed by atoms with Gasteiger partial charge in [0.25, 0.3) is 5.56 Å². The fourth-order valence-electron chi connectivity index (χ4n) is 3.71. The lowest BCUT2D eigenvalue weighted by Gasteiger charge is -2.34. The van der Waals surface area contributed by atoms with Crippen molar-refractivity contribution in [1.82, 2.24) is 29.4 Å². The highest BCUT2D eigenvalue weighted by Crippen LogP contribution is 2.19. The molecule has 1 fully saturated rings. The molecule has 0 atom stereocenters. The zero-order chi connectivity index (χ0) is 22.8. The average molecular weight is 459 g/mol. The predicted octanol–water partition coefficient (Wildman–Crippen LogP) is 1.84. The van der Waals surface area contributed by atoms with Crippen molar-refractivity contribution in [2.75, 3.05) is 32.8 Å². The quantitative estimate of drug-likeness (QED) is 0.591. The highest BCUT2D eigenvalue weighted by molar-refractivity contribution is 6.30. The van der Waals surface area contributed by atoms with E-state index < -0.39 is 5.56 Å². The van der Waals surface area contributed by atoms with Crippen LogP contribution >= 0.6 is 11.6 Å². The minimum Gasteiger partial charge on any atom is -0.450 e. The molecule has 32 heavy (non-hydrogen) atoms. The summed E-state index contributed by atoms with van der Waals surface area (Å²) < 4.78 is 7.68. The summed E-state index contributed by atoms with van der Waals surface area (Å²) in [5.74, 6) is -0.240. The molecule has 0 spiro atoms. The van der Waals surface area contributed by atoms with Crippen molar-refractivity contribution in [1.29, 1.82) is 0 Å². The van der Waals surface area contributed by atoms with Gasteiger partial charge < -0.3 is 14.5 Å². The first kappa shape index (κ1) is 21.8. The van der Waals surface area contributed by atoms with Gasteiger partial charge in [-0.15, -0.1) is 0 Å². The van der Waals surface area contributed by atoms with Crippen molar-refractivity contribution in [3.05, 3.63) is 51.5 Å². The van der Waals surface area contributed by atoms with Crippen LogP contribution in [0.2, 0.25) is 5.02 Å². The lowest BCUT2D eigenvalue weighted by Crippen LogP contribution is -2.51. The number of rotatable bonds is 4. The summed E-state index contributed by atoms with van der Waals surface area (Å²) in [5.41, 5.74) is 1.15. The van der Waals surface area contributed by atoms with Crippen LogP contribution in [0.3, 0.4) is 0 Å². The maximum atomic E-state index is 13.2. The number of hydrogen-bond acceptors (Lipinski definition) is 6. The number of ether oxygens (including phenoxy) is 1. The summed E-state index contributed by atoms with van der Waals surface area (Å²) >= 11 is 6.10. The van der Waals surface area contributed by atoms with E-state index in [0.29, 0.717) is 60.1 Å². The minimum absolute atomic E-state index is 0.199. The molecule has 3 aromatic rings. The molecule has 0 aliphatic carbocycles. The van der Waals surface area contributed by atoms with Gasteiger partial charge in [-0.25, -0.2) is 14.2 Å². The smallest absolute Gasteiger partial charge is 0.409 e.